The van der Waals surface area contributed by atoms with Crippen molar-refractivity contribution in [1.29, 1.82) is 0 Å². The van der Waals surface area contributed by atoms with E-state index in [0.29, 0.717) is 16.9 Å². The summed E-state index contributed by atoms with van der Waals surface area (Å²) in [6.07, 6.45) is 2.11. The Labute approximate surface area is 167 Å². The van der Waals surface area contributed by atoms with Gasteiger partial charge in [-0.15, -0.1) is 0 Å². The van der Waals surface area contributed by atoms with Crippen LogP contribution in [0.1, 0.15) is 0 Å². The summed E-state index contributed by atoms with van der Waals surface area (Å²) in [5.41, 5.74) is 2.92. The van der Waals surface area contributed by atoms with Crippen LogP contribution in [-0.4, -0.2) is 11.9 Å². The van der Waals surface area contributed by atoms with E-state index in [4.69, 9.17) is 9.47 Å². The van der Waals surface area contributed by atoms with Crippen LogP contribution >= 0.6 is 0 Å². The van der Waals surface area contributed by atoms with Crippen molar-refractivity contribution in [3.63, 3.8) is 0 Å². The van der Waals surface area contributed by atoms with Crippen LogP contribution in [0.3, 0.4) is 0 Å². The lowest BCUT2D eigenvalue weighted by molar-refractivity contribution is -0.129. The highest BCUT2D eigenvalue weighted by molar-refractivity contribution is 5.84. The van der Waals surface area contributed by atoms with Gasteiger partial charge in [0.1, 0.15) is 17.3 Å². The third-order valence-electron chi connectivity index (χ3n) is 4.09. The molecule has 3 rings (SSSR count). The van der Waals surface area contributed by atoms with Gasteiger partial charge in [0, 0.05) is 23.8 Å². The molecule has 0 fully saturated rings. The van der Waals surface area contributed by atoms with Crippen molar-refractivity contribution >= 4 is 11.9 Å². The van der Waals surface area contributed by atoms with E-state index in [2.05, 4.69) is 13.2 Å². The molecule has 0 spiro atoms. The van der Waals surface area contributed by atoms with Crippen molar-refractivity contribution < 1.29 is 23.5 Å². The summed E-state index contributed by atoms with van der Waals surface area (Å²) < 4.78 is 24.4. The van der Waals surface area contributed by atoms with Gasteiger partial charge in [-0.05, 0) is 41.0 Å². The number of esters is 2. The first-order valence-corrected chi connectivity index (χ1v) is 8.69. The Bertz CT molecular complexity index is 1070. The summed E-state index contributed by atoms with van der Waals surface area (Å²) in [5, 5.41) is 0. The largest absolute Gasteiger partial charge is 0.423 e. The van der Waals surface area contributed by atoms with Gasteiger partial charge in [-0.3, -0.25) is 0 Å². The molecule has 0 amide bonds. The van der Waals surface area contributed by atoms with E-state index in [-0.39, 0.29) is 5.75 Å². The van der Waals surface area contributed by atoms with Gasteiger partial charge >= 0.3 is 11.9 Å². The molecule has 0 aromatic heterocycles. The quantitative estimate of drug-likeness (QED) is 0.325. The Balaban J connectivity index is 1.78. The second-order valence-electron chi connectivity index (χ2n) is 5.99. The molecular weight excluding hydrogens is 371 g/mol. The molecule has 0 aliphatic rings. The molecule has 0 unspecified atom stereocenters. The molecule has 0 heterocycles. The van der Waals surface area contributed by atoms with Gasteiger partial charge in [-0.25, -0.2) is 14.0 Å². The maximum atomic E-state index is 14.4. The van der Waals surface area contributed by atoms with Crippen LogP contribution in [-0.2, 0) is 9.59 Å². The highest BCUT2D eigenvalue weighted by Gasteiger charge is 2.09. The number of hydrogen-bond acceptors (Lipinski definition) is 4. The molecule has 0 aliphatic carbocycles. The number of carbonyl (C=O) groups excluding carboxylic acids is 2. The molecule has 144 valence electrons. The minimum atomic E-state index is -0.647. The lowest BCUT2D eigenvalue weighted by Crippen LogP contribution is -2.03. The summed E-state index contributed by atoms with van der Waals surface area (Å²) in [6, 6.07) is 18.6. The first-order chi connectivity index (χ1) is 14.0. The summed E-state index contributed by atoms with van der Waals surface area (Å²) in [6.45, 7) is 6.66. The third kappa shape index (κ3) is 4.84. The Kier molecular flexibility index (Phi) is 6.00. The summed E-state index contributed by atoms with van der Waals surface area (Å²) in [5.74, 6) is -1.12. The number of carbonyl (C=O) groups is 2. The lowest BCUT2D eigenvalue weighted by Gasteiger charge is -2.08. The fourth-order valence-electron chi connectivity index (χ4n) is 2.67. The molecular formula is C24H17FO4. The van der Waals surface area contributed by atoms with E-state index in [1.54, 1.807) is 30.3 Å². The van der Waals surface area contributed by atoms with E-state index in [9.17, 15) is 14.0 Å². The summed E-state index contributed by atoms with van der Waals surface area (Å²) in [7, 11) is 0. The number of ether oxygens (including phenoxy) is 2. The average Bonchev–Trinajstić information content (AvgIpc) is 2.74. The molecule has 0 aliphatic heterocycles. The summed E-state index contributed by atoms with van der Waals surface area (Å²) >= 11 is 0. The number of hydrogen-bond donors (Lipinski definition) is 0. The average molecular weight is 388 g/mol. The lowest BCUT2D eigenvalue weighted by atomic mass is 10.00. The van der Waals surface area contributed by atoms with Crippen molar-refractivity contribution in [2.75, 3.05) is 0 Å². The Hall–Kier alpha value is -3.99. The van der Waals surface area contributed by atoms with Gasteiger partial charge < -0.3 is 9.47 Å². The van der Waals surface area contributed by atoms with E-state index < -0.39 is 17.8 Å². The SMILES string of the molecule is C=CC(=O)Oc1ccc(-c2ccc(-c3ccc(OC(=O)C=C)cc3F)cc2)cc1. The van der Waals surface area contributed by atoms with Gasteiger partial charge in [0.05, 0.1) is 0 Å². The molecule has 0 bridgehead atoms. The maximum absolute atomic E-state index is 14.4. The fraction of sp³-hybridized carbons (Fsp3) is 0. The Morgan fingerprint density at radius 3 is 1.66 bits per heavy atom. The number of benzene rings is 3. The molecule has 0 saturated heterocycles. The van der Waals surface area contributed by atoms with Crippen molar-refractivity contribution in [2.24, 2.45) is 0 Å². The van der Waals surface area contributed by atoms with Crippen LogP contribution in [0, 0.1) is 5.82 Å². The van der Waals surface area contributed by atoms with Gasteiger partial charge in [0.2, 0.25) is 0 Å². The van der Waals surface area contributed by atoms with Gasteiger partial charge in [0.25, 0.3) is 0 Å². The molecule has 0 saturated carbocycles. The molecule has 4 nitrogen and oxygen atoms in total. The summed E-state index contributed by atoms with van der Waals surface area (Å²) in [4.78, 5) is 22.4. The van der Waals surface area contributed by atoms with E-state index in [1.165, 1.54) is 6.07 Å². The second-order valence-corrected chi connectivity index (χ2v) is 5.99. The van der Waals surface area contributed by atoms with Gasteiger partial charge in [-0.1, -0.05) is 49.6 Å². The zero-order chi connectivity index (χ0) is 20.8. The molecule has 3 aromatic carbocycles. The molecule has 0 radical (unpaired) electrons. The van der Waals surface area contributed by atoms with Crippen LogP contribution in [0.5, 0.6) is 11.5 Å². The van der Waals surface area contributed by atoms with E-state index in [1.807, 2.05) is 24.3 Å². The molecule has 29 heavy (non-hydrogen) atoms. The van der Waals surface area contributed by atoms with Crippen LogP contribution in [0.4, 0.5) is 4.39 Å². The predicted molar refractivity (Wildman–Crippen MR) is 109 cm³/mol. The second kappa shape index (κ2) is 8.80. The van der Waals surface area contributed by atoms with Crippen LogP contribution in [0.25, 0.3) is 22.3 Å². The number of halogens is 1. The van der Waals surface area contributed by atoms with Gasteiger partial charge in [-0.2, -0.15) is 0 Å². The smallest absolute Gasteiger partial charge is 0.335 e. The fourth-order valence-corrected chi connectivity index (χ4v) is 2.67. The van der Waals surface area contributed by atoms with Crippen LogP contribution in [0.2, 0.25) is 0 Å². The van der Waals surface area contributed by atoms with E-state index >= 15 is 0 Å². The standard InChI is InChI=1S/C24H17FO4/c1-3-23(26)28-19-11-9-17(10-12-19)16-5-7-18(8-6-16)21-14-13-20(15-22(21)25)29-24(27)4-2/h3-15H,1-2H2. The zero-order valence-electron chi connectivity index (χ0n) is 15.4. The first-order valence-electron chi connectivity index (χ1n) is 8.69. The Morgan fingerprint density at radius 1 is 0.690 bits per heavy atom. The van der Waals surface area contributed by atoms with Crippen molar-refractivity contribution in [3.8, 4) is 33.8 Å². The number of rotatable bonds is 6. The molecule has 5 heteroatoms. The topological polar surface area (TPSA) is 52.6 Å². The highest BCUT2D eigenvalue weighted by Crippen LogP contribution is 2.29. The van der Waals surface area contributed by atoms with Crippen LogP contribution < -0.4 is 9.47 Å². The first kappa shape index (κ1) is 19.8. The molecule has 0 N–H and O–H groups in total. The minimum absolute atomic E-state index is 0.116. The van der Waals surface area contributed by atoms with Crippen molar-refractivity contribution in [1.82, 2.24) is 0 Å². The zero-order valence-corrected chi connectivity index (χ0v) is 15.4. The minimum Gasteiger partial charge on any atom is -0.423 e. The third-order valence-corrected chi connectivity index (χ3v) is 4.09. The van der Waals surface area contributed by atoms with Crippen molar-refractivity contribution in [2.45, 2.75) is 0 Å². The molecule has 3 aromatic rings. The predicted octanol–water partition coefficient (Wildman–Crippen LogP) is 5.34. The molecule has 0 atom stereocenters. The Morgan fingerprint density at radius 2 is 1.14 bits per heavy atom. The van der Waals surface area contributed by atoms with Crippen LogP contribution in [0.15, 0.2) is 92.0 Å². The monoisotopic (exact) mass is 388 g/mol. The maximum Gasteiger partial charge on any atom is 0.335 e. The van der Waals surface area contributed by atoms with E-state index in [0.717, 1.165) is 29.3 Å². The van der Waals surface area contributed by atoms with Gasteiger partial charge in [0.15, 0.2) is 0 Å². The normalized spacial score (nSPS) is 10.1. The van der Waals surface area contributed by atoms with Crippen molar-refractivity contribution in [3.05, 3.63) is 97.9 Å². The highest BCUT2D eigenvalue weighted by atomic mass is 19.1.